The van der Waals surface area contributed by atoms with Crippen LogP contribution in [0.5, 0.6) is 0 Å². The molecule has 0 radical (unpaired) electrons. The van der Waals surface area contributed by atoms with Gasteiger partial charge in [-0.25, -0.2) is 0 Å². The van der Waals surface area contributed by atoms with Crippen LogP contribution in [0.2, 0.25) is 10.0 Å². The average molecular weight is 446 g/mol. The minimum Gasteiger partial charge on any atom is -0.342 e. The maximum atomic E-state index is 13.2. The molecule has 0 spiro atoms. The van der Waals surface area contributed by atoms with Crippen LogP contribution in [0.15, 0.2) is 36.4 Å². The SMILES string of the molecule is CCc1cc(CC)cc(CC(=O)N2CCCC(CC=O)(c3ccc(Cl)c(Cl)c3)C2)c1. The Hall–Kier alpha value is -1.84. The van der Waals surface area contributed by atoms with Crippen LogP contribution in [0.3, 0.4) is 0 Å². The van der Waals surface area contributed by atoms with Gasteiger partial charge >= 0.3 is 0 Å². The zero-order valence-electron chi connectivity index (χ0n) is 17.7. The van der Waals surface area contributed by atoms with E-state index in [2.05, 4.69) is 32.0 Å². The molecule has 0 aliphatic carbocycles. The molecule has 1 fully saturated rings. The van der Waals surface area contributed by atoms with Crippen molar-refractivity contribution in [2.75, 3.05) is 13.1 Å². The predicted octanol–water partition coefficient (Wildman–Crippen LogP) is 5.81. The summed E-state index contributed by atoms with van der Waals surface area (Å²) in [5, 5.41) is 0.972. The van der Waals surface area contributed by atoms with Crippen molar-refractivity contribution >= 4 is 35.4 Å². The quantitative estimate of drug-likeness (QED) is 0.504. The lowest BCUT2D eigenvalue weighted by Crippen LogP contribution is -2.49. The topological polar surface area (TPSA) is 37.4 Å². The number of likely N-dealkylation sites (tertiary alicyclic amines) is 1. The minimum atomic E-state index is -0.413. The van der Waals surface area contributed by atoms with Gasteiger partial charge in [0.25, 0.3) is 0 Å². The van der Waals surface area contributed by atoms with Gasteiger partial charge in [-0.1, -0.05) is 61.3 Å². The number of piperidine rings is 1. The molecular weight excluding hydrogens is 417 g/mol. The molecule has 3 nitrogen and oxygen atoms in total. The maximum Gasteiger partial charge on any atom is 0.227 e. The Morgan fingerprint density at radius 2 is 1.70 bits per heavy atom. The molecule has 2 aromatic rings. The van der Waals surface area contributed by atoms with Gasteiger partial charge in [0.2, 0.25) is 5.91 Å². The van der Waals surface area contributed by atoms with Crippen LogP contribution in [0, 0.1) is 0 Å². The van der Waals surface area contributed by atoms with E-state index in [0.29, 0.717) is 29.4 Å². The van der Waals surface area contributed by atoms with Crippen molar-refractivity contribution in [1.29, 1.82) is 0 Å². The fourth-order valence-corrected chi connectivity index (χ4v) is 4.78. The first kappa shape index (κ1) is 22.8. The summed E-state index contributed by atoms with van der Waals surface area (Å²) in [6.07, 6.45) is 5.32. The van der Waals surface area contributed by atoms with Crippen molar-refractivity contribution in [3.05, 3.63) is 68.7 Å². The molecule has 1 heterocycles. The molecule has 2 aromatic carbocycles. The van der Waals surface area contributed by atoms with Crippen LogP contribution in [-0.4, -0.2) is 30.2 Å². The molecule has 3 rings (SSSR count). The molecule has 0 bridgehead atoms. The maximum absolute atomic E-state index is 13.2. The Morgan fingerprint density at radius 1 is 1.03 bits per heavy atom. The summed E-state index contributed by atoms with van der Waals surface area (Å²) in [6, 6.07) is 12.0. The van der Waals surface area contributed by atoms with Gasteiger partial charge < -0.3 is 9.69 Å². The van der Waals surface area contributed by atoms with Crippen molar-refractivity contribution in [2.45, 2.75) is 57.8 Å². The third-order valence-corrected chi connectivity index (χ3v) is 6.96. The lowest BCUT2D eigenvalue weighted by Gasteiger charge is -2.42. The van der Waals surface area contributed by atoms with Gasteiger partial charge in [0.05, 0.1) is 16.5 Å². The first-order chi connectivity index (χ1) is 14.4. The van der Waals surface area contributed by atoms with Gasteiger partial charge in [-0.05, 0) is 60.1 Å². The molecule has 5 heteroatoms. The zero-order chi connectivity index (χ0) is 21.7. The summed E-state index contributed by atoms with van der Waals surface area (Å²) in [6.45, 7) is 5.51. The molecule has 1 atom stereocenters. The van der Waals surface area contributed by atoms with Gasteiger partial charge in [0.15, 0.2) is 0 Å². The van der Waals surface area contributed by atoms with E-state index in [1.165, 1.54) is 11.1 Å². The number of rotatable bonds is 7. The minimum absolute atomic E-state index is 0.111. The Kier molecular flexibility index (Phi) is 7.60. The fourth-order valence-electron chi connectivity index (χ4n) is 4.49. The first-order valence-electron chi connectivity index (χ1n) is 10.7. The van der Waals surface area contributed by atoms with E-state index in [1.807, 2.05) is 17.0 Å². The van der Waals surface area contributed by atoms with Gasteiger partial charge in [-0.2, -0.15) is 0 Å². The number of aldehydes is 1. The molecule has 1 saturated heterocycles. The average Bonchev–Trinajstić information content (AvgIpc) is 2.75. The van der Waals surface area contributed by atoms with E-state index in [4.69, 9.17) is 23.2 Å². The molecule has 1 unspecified atom stereocenters. The van der Waals surface area contributed by atoms with Crippen LogP contribution in [0.4, 0.5) is 0 Å². The molecular formula is C25H29Cl2NO2. The van der Waals surface area contributed by atoms with Crippen molar-refractivity contribution < 1.29 is 9.59 Å². The Bertz CT molecular complexity index is 905. The number of benzene rings is 2. The predicted molar refractivity (Wildman–Crippen MR) is 124 cm³/mol. The van der Waals surface area contributed by atoms with Gasteiger partial charge in [-0.15, -0.1) is 0 Å². The normalized spacial score (nSPS) is 19.0. The first-order valence-corrected chi connectivity index (χ1v) is 11.4. The number of amides is 1. The van der Waals surface area contributed by atoms with Crippen LogP contribution in [-0.2, 0) is 34.3 Å². The molecule has 0 saturated carbocycles. The van der Waals surface area contributed by atoms with Crippen molar-refractivity contribution in [3.8, 4) is 0 Å². The highest BCUT2D eigenvalue weighted by Crippen LogP contribution is 2.39. The lowest BCUT2D eigenvalue weighted by molar-refractivity contribution is -0.133. The number of carbonyl (C=O) groups is 2. The number of carbonyl (C=O) groups excluding carboxylic acids is 2. The van der Waals surface area contributed by atoms with Crippen molar-refractivity contribution in [2.24, 2.45) is 0 Å². The second-order valence-corrected chi connectivity index (χ2v) is 9.05. The summed E-state index contributed by atoms with van der Waals surface area (Å²) >= 11 is 12.4. The van der Waals surface area contributed by atoms with Crippen LogP contribution < -0.4 is 0 Å². The second kappa shape index (κ2) is 9.98. The van der Waals surface area contributed by atoms with E-state index < -0.39 is 5.41 Å². The Labute approximate surface area is 189 Å². The molecule has 0 N–H and O–H groups in total. The van der Waals surface area contributed by atoms with E-state index in [-0.39, 0.29) is 5.91 Å². The molecule has 160 valence electrons. The molecule has 0 aromatic heterocycles. The standard InChI is InChI=1S/C25H29Cl2NO2/c1-3-18-12-19(4-2)14-20(13-18)15-24(30)28-10-5-8-25(17-28,9-11-29)21-6-7-22(26)23(27)16-21/h6-7,11-14,16H,3-5,8-10,15,17H2,1-2H3. The highest BCUT2D eigenvalue weighted by Gasteiger charge is 2.38. The number of halogens is 2. The van der Waals surface area contributed by atoms with Crippen molar-refractivity contribution in [1.82, 2.24) is 4.90 Å². The largest absolute Gasteiger partial charge is 0.342 e. The molecule has 1 aliphatic rings. The zero-order valence-corrected chi connectivity index (χ0v) is 19.2. The van der Waals surface area contributed by atoms with Crippen LogP contribution in [0.25, 0.3) is 0 Å². The van der Waals surface area contributed by atoms with Crippen LogP contribution in [0.1, 0.15) is 55.4 Å². The molecule has 1 amide bonds. The Balaban J connectivity index is 1.83. The number of hydrogen-bond donors (Lipinski definition) is 0. The second-order valence-electron chi connectivity index (χ2n) is 8.24. The lowest BCUT2D eigenvalue weighted by atomic mass is 9.72. The van der Waals surface area contributed by atoms with Gasteiger partial charge in [-0.3, -0.25) is 4.79 Å². The summed E-state index contributed by atoms with van der Waals surface area (Å²) < 4.78 is 0. The summed E-state index contributed by atoms with van der Waals surface area (Å²) in [7, 11) is 0. The molecule has 30 heavy (non-hydrogen) atoms. The summed E-state index contributed by atoms with van der Waals surface area (Å²) in [5.74, 6) is 0.111. The highest BCUT2D eigenvalue weighted by atomic mass is 35.5. The monoisotopic (exact) mass is 445 g/mol. The van der Waals surface area contributed by atoms with Crippen molar-refractivity contribution in [3.63, 3.8) is 0 Å². The van der Waals surface area contributed by atoms with E-state index in [9.17, 15) is 9.59 Å². The smallest absolute Gasteiger partial charge is 0.227 e. The third-order valence-electron chi connectivity index (χ3n) is 6.22. The van der Waals surface area contributed by atoms with Gasteiger partial charge in [0, 0.05) is 24.9 Å². The summed E-state index contributed by atoms with van der Waals surface area (Å²) in [5.41, 5.74) is 4.16. The van der Waals surface area contributed by atoms with Crippen LogP contribution >= 0.6 is 23.2 Å². The number of nitrogens with zero attached hydrogens (tertiary/aromatic N) is 1. The van der Waals surface area contributed by atoms with E-state index in [1.54, 1.807) is 6.07 Å². The third kappa shape index (κ3) is 5.07. The number of aryl methyl sites for hydroxylation is 2. The highest BCUT2D eigenvalue weighted by molar-refractivity contribution is 6.42. The van der Waals surface area contributed by atoms with E-state index in [0.717, 1.165) is 49.6 Å². The van der Waals surface area contributed by atoms with Gasteiger partial charge in [0.1, 0.15) is 6.29 Å². The summed E-state index contributed by atoms with van der Waals surface area (Å²) in [4.78, 5) is 26.7. The van der Waals surface area contributed by atoms with E-state index >= 15 is 0 Å². The fraction of sp³-hybridized carbons (Fsp3) is 0.440. The molecule has 1 aliphatic heterocycles. The Morgan fingerprint density at radius 3 is 2.30 bits per heavy atom. The number of hydrogen-bond acceptors (Lipinski definition) is 2.